The molecular formula is C10H17ClF3NO. The van der Waals surface area contributed by atoms with Gasteiger partial charge in [-0.3, -0.25) is 4.79 Å². The van der Waals surface area contributed by atoms with Gasteiger partial charge in [0, 0.05) is 25.3 Å². The summed E-state index contributed by atoms with van der Waals surface area (Å²) in [6, 6.07) is 0. The van der Waals surface area contributed by atoms with Crippen LogP contribution < -0.4 is 5.32 Å². The van der Waals surface area contributed by atoms with E-state index in [1.807, 2.05) is 0 Å². The largest absolute Gasteiger partial charge is 0.389 e. The summed E-state index contributed by atoms with van der Waals surface area (Å²) < 4.78 is 35.2. The molecule has 0 heterocycles. The molecule has 0 aromatic heterocycles. The van der Waals surface area contributed by atoms with Crippen molar-refractivity contribution in [2.75, 3.05) is 12.4 Å². The first-order chi connectivity index (χ1) is 7.45. The molecule has 16 heavy (non-hydrogen) atoms. The Bertz CT molecular complexity index is 197. The molecule has 0 aliphatic carbocycles. The Hall–Kier alpha value is -0.450. The highest BCUT2D eigenvalue weighted by Gasteiger charge is 2.25. The number of hydrogen-bond acceptors (Lipinski definition) is 1. The molecule has 0 saturated carbocycles. The van der Waals surface area contributed by atoms with Crippen LogP contribution in [0.2, 0.25) is 0 Å². The molecule has 6 heteroatoms. The van der Waals surface area contributed by atoms with E-state index in [2.05, 4.69) is 5.32 Å². The van der Waals surface area contributed by atoms with E-state index in [-0.39, 0.29) is 12.3 Å². The third-order valence-corrected chi connectivity index (χ3v) is 2.26. The van der Waals surface area contributed by atoms with Crippen LogP contribution in [0.4, 0.5) is 13.2 Å². The maximum Gasteiger partial charge on any atom is 0.389 e. The van der Waals surface area contributed by atoms with E-state index in [4.69, 9.17) is 11.6 Å². The second-order valence-corrected chi connectivity index (χ2v) is 3.95. The lowest BCUT2D eigenvalue weighted by atomic mass is 10.2. The third-order valence-electron chi connectivity index (χ3n) is 2.00. The number of halogens is 4. The first kappa shape index (κ1) is 15.6. The molecule has 0 spiro atoms. The first-order valence-corrected chi connectivity index (χ1v) is 5.88. The summed E-state index contributed by atoms with van der Waals surface area (Å²) in [4.78, 5) is 11.1. The van der Waals surface area contributed by atoms with Gasteiger partial charge in [-0.05, 0) is 25.7 Å². The van der Waals surface area contributed by atoms with E-state index in [9.17, 15) is 18.0 Å². The van der Waals surface area contributed by atoms with Crippen LogP contribution in [0, 0.1) is 0 Å². The van der Waals surface area contributed by atoms with Crippen molar-refractivity contribution in [1.29, 1.82) is 0 Å². The van der Waals surface area contributed by atoms with Gasteiger partial charge in [-0.25, -0.2) is 0 Å². The van der Waals surface area contributed by atoms with Gasteiger partial charge in [0.05, 0.1) is 0 Å². The standard InChI is InChI=1S/C10H17ClF3NO/c11-7-3-1-5-9(16)15-8-4-2-6-10(12,13)14/h1-8H2,(H,15,16). The Morgan fingerprint density at radius 1 is 1.12 bits per heavy atom. The number of carbonyl (C=O) groups excluding carboxylic acids is 1. The van der Waals surface area contributed by atoms with E-state index in [0.29, 0.717) is 25.3 Å². The Morgan fingerprint density at radius 3 is 2.38 bits per heavy atom. The van der Waals surface area contributed by atoms with Crippen molar-refractivity contribution in [2.24, 2.45) is 0 Å². The summed E-state index contributed by atoms with van der Waals surface area (Å²) in [6.45, 7) is 0.315. The zero-order valence-corrected chi connectivity index (χ0v) is 9.83. The SMILES string of the molecule is O=C(CCCCCl)NCCCCC(F)(F)F. The number of nitrogens with one attached hydrogen (secondary N) is 1. The van der Waals surface area contributed by atoms with Gasteiger partial charge in [-0.1, -0.05) is 0 Å². The van der Waals surface area contributed by atoms with E-state index in [1.54, 1.807) is 0 Å². The van der Waals surface area contributed by atoms with Crippen molar-refractivity contribution >= 4 is 17.5 Å². The predicted octanol–water partition coefficient (Wildman–Crippen LogP) is 3.24. The van der Waals surface area contributed by atoms with Gasteiger partial charge in [0.2, 0.25) is 5.91 Å². The molecule has 0 aromatic carbocycles. The molecule has 0 aromatic rings. The van der Waals surface area contributed by atoms with Crippen LogP contribution in [0.1, 0.15) is 38.5 Å². The van der Waals surface area contributed by atoms with E-state index < -0.39 is 12.6 Å². The highest BCUT2D eigenvalue weighted by atomic mass is 35.5. The number of rotatable bonds is 8. The molecule has 0 saturated heterocycles. The molecule has 0 bridgehead atoms. The van der Waals surface area contributed by atoms with Crippen LogP contribution in [0.5, 0.6) is 0 Å². The molecule has 0 aliphatic rings. The second kappa shape index (κ2) is 8.67. The van der Waals surface area contributed by atoms with Gasteiger partial charge < -0.3 is 5.32 Å². The fourth-order valence-corrected chi connectivity index (χ4v) is 1.34. The molecule has 0 rings (SSSR count). The highest BCUT2D eigenvalue weighted by Crippen LogP contribution is 2.21. The first-order valence-electron chi connectivity index (χ1n) is 5.35. The minimum absolute atomic E-state index is 0.0610. The zero-order valence-electron chi connectivity index (χ0n) is 9.08. The second-order valence-electron chi connectivity index (χ2n) is 3.57. The molecule has 96 valence electrons. The summed E-state index contributed by atoms with van der Waals surface area (Å²) in [5.41, 5.74) is 0. The van der Waals surface area contributed by atoms with Crippen LogP contribution in [-0.4, -0.2) is 24.5 Å². The van der Waals surface area contributed by atoms with Gasteiger partial charge in [-0.2, -0.15) is 13.2 Å². The third kappa shape index (κ3) is 11.6. The number of amides is 1. The van der Waals surface area contributed by atoms with Crippen molar-refractivity contribution < 1.29 is 18.0 Å². The number of carbonyl (C=O) groups is 1. The van der Waals surface area contributed by atoms with Crippen LogP contribution in [-0.2, 0) is 4.79 Å². The van der Waals surface area contributed by atoms with Crippen LogP contribution >= 0.6 is 11.6 Å². The Kier molecular flexibility index (Phi) is 8.43. The molecule has 2 nitrogen and oxygen atoms in total. The average Bonchev–Trinajstić information content (AvgIpc) is 2.16. The monoisotopic (exact) mass is 259 g/mol. The number of hydrogen-bond donors (Lipinski definition) is 1. The highest BCUT2D eigenvalue weighted by molar-refractivity contribution is 6.17. The van der Waals surface area contributed by atoms with Crippen molar-refractivity contribution in [3.63, 3.8) is 0 Å². The minimum atomic E-state index is -4.09. The summed E-state index contributed by atoms with van der Waals surface area (Å²) in [7, 11) is 0. The predicted molar refractivity (Wildman–Crippen MR) is 57.5 cm³/mol. The number of alkyl halides is 4. The van der Waals surface area contributed by atoms with Gasteiger partial charge >= 0.3 is 6.18 Å². The van der Waals surface area contributed by atoms with Crippen molar-refractivity contribution in [2.45, 2.75) is 44.7 Å². The van der Waals surface area contributed by atoms with Crippen LogP contribution in [0.15, 0.2) is 0 Å². The quantitative estimate of drug-likeness (QED) is 0.526. The average molecular weight is 260 g/mol. The summed E-state index contributed by atoms with van der Waals surface area (Å²) >= 11 is 5.44. The summed E-state index contributed by atoms with van der Waals surface area (Å²) in [5, 5.41) is 2.58. The van der Waals surface area contributed by atoms with Gasteiger partial charge in [0.15, 0.2) is 0 Å². The zero-order chi connectivity index (χ0) is 12.4. The van der Waals surface area contributed by atoms with E-state index >= 15 is 0 Å². The molecule has 0 fully saturated rings. The normalized spacial score (nSPS) is 11.5. The molecule has 0 aliphatic heterocycles. The van der Waals surface area contributed by atoms with Gasteiger partial charge in [0.25, 0.3) is 0 Å². The maximum absolute atomic E-state index is 11.7. The smallest absolute Gasteiger partial charge is 0.356 e. The summed E-state index contributed by atoms with van der Waals surface area (Å²) in [6.07, 6.45) is -2.56. The fourth-order valence-electron chi connectivity index (χ4n) is 1.15. The van der Waals surface area contributed by atoms with Gasteiger partial charge in [-0.15, -0.1) is 11.6 Å². The van der Waals surface area contributed by atoms with E-state index in [1.165, 1.54) is 0 Å². The topological polar surface area (TPSA) is 29.1 Å². The Labute approximate surface area is 98.5 Å². The minimum Gasteiger partial charge on any atom is -0.356 e. The lowest BCUT2D eigenvalue weighted by molar-refractivity contribution is -0.135. The molecule has 1 amide bonds. The molecule has 0 atom stereocenters. The van der Waals surface area contributed by atoms with Crippen molar-refractivity contribution in [3.8, 4) is 0 Å². The lowest BCUT2D eigenvalue weighted by Crippen LogP contribution is -2.24. The van der Waals surface area contributed by atoms with Crippen molar-refractivity contribution in [1.82, 2.24) is 5.32 Å². The Balaban J connectivity index is 3.28. The molecule has 0 unspecified atom stereocenters. The molecule has 1 N–H and O–H groups in total. The fraction of sp³-hybridized carbons (Fsp3) is 0.900. The lowest BCUT2D eigenvalue weighted by Gasteiger charge is -2.06. The van der Waals surface area contributed by atoms with Crippen LogP contribution in [0.3, 0.4) is 0 Å². The van der Waals surface area contributed by atoms with Gasteiger partial charge in [0.1, 0.15) is 0 Å². The molecular weight excluding hydrogens is 243 g/mol. The molecule has 0 radical (unpaired) electrons. The van der Waals surface area contributed by atoms with Crippen molar-refractivity contribution in [3.05, 3.63) is 0 Å². The Morgan fingerprint density at radius 2 is 1.81 bits per heavy atom. The van der Waals surface area contributed by atoms with Crippen LogP contribution in [0.25, 0.3) is 0 Å². The van der Waals surface area contributed by atoms with E-state index in [0.717, 1.165) is 12.8 Å². The maximum atomic E-state index is 11.7. The number of unbranched alkanes of at least 4 members (excludes halogenated alkanes) is 2. The summed E-state index contributed by atoms with van der Waals surface area (Å²) in [5.74, 6) is 0.413.